The summed E-state index contributed by atoms with van der Waals surface area (Å²) in [5.74, 6) is 2.07. The van der Waals surface area contributed by atoms with Gasteiger partial charge in [0.05, 0.1) is 19.8 Å². The smallest absolute Gasteiger partial charge is 0.213 e. The van der Waals surface area contributed by atoms with E-state index in [-0.39, 0.29) is 0 Å². The van der Waals surface area contributed by atoms with E-state index in [1.165, 1.54) is 57.8 Å². The molecule has 0 fully saturated rings. The van der Waals surface area contributed by atoms with E-state index in [4.69, 9.17) is 19.7 Å². The summed E-state index contributed by atoms with van der Waals surface area (Å²) in [6.45, 7) is 8.63. The van der Waals surface area contributed by atoms with Gasteiger partial charge in [-0.25, -0.2) is 0 Å². The topological polar surface area (TPSA) is 65.6 Å². The first-order valence-corrected chi connectivity index (χ1v) is 11.7. The van der Waals surface area contributed by atoms with Crippen molar-refractivity contribution in [3.63, 3.8) is 0 Å². The zero-order valence-corrected chi connectivity index (χ0v) is 19.0. The first-order chi connectivity index (χ1) is 14.3. The molecule has 0 aliphatic carbocycles. The molecule has 0 aromatic heterocycles. The summed E-state index contributed by atoms with van der Waals surface area (Å²) >= 11 is 0. The van der Waals surface area contributed by atoms with Gasteiger partial charge < -0.3 is 14.2 Å². The molecule has 0 bridgehead atoms. The van der Waals surface area contributed by atoms with Crippen LogP contribution in [0.1, 0.15) is 97.8 Å². The molecule has 0 heterocycles. The van der Waals surface area contributed by atoms with Crippen LogP contribution in [0, 0.1) is 0 Å². The van der Waals surface area contributed by atoms with Crippen LogP contribution in [0.3, 0.4) is 0 Å². The van der Waals surface area contributed by atoms with E-state index in [2.05, 4.69) is 25.9 Å². The van der Waals surface area contributed by atoms with Crippen molar-refractivity contribution in [3.8, 4) is 17.2 Å². The molecule has 0 spiro atoms. The lowest BCUT2D eigenvalue weighted by atomic mass is 10.2. The Labute approximate surface area is 178 Å². The number of benzene rings is 1. The van der Waals surface area contributed by atoms with E-state index in [1.54, 1.807) is 0 Å². The van der Waals surface area contributed by atoms with E-state index in [0.29, 0.717) is 37.0 Å². The minimum atomic E-state index is 0.578. The first kappa shape index (κ1) is 25.3. The Balaban J connectivity index is 2.77. The van der Waals surface area contributed by atoms with Crippen molar-refractivity contribution in [2.75, 3.05) is 19.8 Å². The molecule has 0 aliphatic heterocycles. The Bertz CT molecular complexity index is 514. The SMILES string of the molecule is CCCCCCOc1cc(OCCCCCC)c(N=[NH2+])c(OCCCCCC)c1. The zero-order valence-electron chi connectivity index (χ0n) is 19.0. The van der Waals surface area contributed by atoms with E-state index < -0.39 is 0 Å². The molecule has 0 saturated heterocycles. The maximum Gasteiger partial charge on any atom is 0.213 e. The highest BCUT2D eigenvalue weighted by molar-refractivity contribution is 5.64. The van der Waals surface area contributed by atoms with Crippen molar-refractivity contribution in [3.05, 3.63) is 12.1 Å². The fourth-order valence-corrected chi connectivity index (χ4v) is 3.13. The minimum Gasteiger partial charge on any atom is -0.493 e. The van der Waals surface area contributed by atoms with Crippen molar-refractivity contribution >= 4 is 5.69 Å². The molecular weight excluding hydrogens is 364 g/mol. The van der Waals surface area contributed by atoms with Gasteiger partial charge >= 0.3 is 0 Å². The quantitative estimate of drug-likeness (QED) is 0.213. The molecule has 1 rings (SSSR count). The largest absolute Gasteiger partial charge is 0.493 e. The molecule has 5 nitrogen and oxygen atoms in total. The molecule has 29 heavy (non-hydrogen) atoms. The van der Waals surface area contributed by atoms with Gasteiger partial charge in [0.1, 0.15) is 5.75 Å². The Morgan fingerprint density at radius 1 is 0.621 bits per heavy atom. The third-order valence-corrected chi connectivity index (χ3v) is 4.92. The molecule has 0 aliphatic rings. The average molecular weight is 408 g/mol. The van der Waals surface area contributed by atoms with Crippen molar-refractivity contribution < 1.29 is 19.7 Å². The molecule has 0 saturated carbocycles. The number of ether oxygens (including phenoxy) is 3. The van der Waals surface area contributed by atoms with Gasteiger partial charge in [0.15, 0.2) is 11.5 Å². The lowest BCUT2D eigenvalue weighted by Crippen LogP contribution is -2.22. The van der Waals surface area contributed by atoms with Crippen LogP contribution >= 0.6 is 0 Å². The monoisotopic (exact) mass is 407 g/mol. The lowest BCUT2D eigenvalue weighted by molar-refractivity contribution is -0.210. The number of hydrogen-bond acceptors (Lipinski definition) is 4. The minimum absolute atomic E-state index is 0.578. The molecule has 5 heteroatoms. The van der Waals surface area contributed by atoms with E-state index in [9.17, 15) is 0 Å². The predicted molar refractivity (Wildman–Crippen MR) is 119 cm³/mol. The van der Waals surface area contributed by atoms with Crippen LogP contribution in [0.2, 0.25) is 0 Å². The van der Waals surface area contributed by atoms with Gasteiger partial charge in [-0.3, -0.25) is 0 Å². The van der Waals surface area contributed by atoms with Gasteiger partial charge in [-0.1, -0.05) is 78.6 Å². The van der Waals surface area contributed by atoms with Gasteiger partial charge in [0, 0.05) is 12.1 Å². The van der Waals surface area contributed by atoms with Crippen LogP contribution in [0.25, 0.3) is 0 Å². The van der Waals surface area contributed by atoms with Crippen LogP contribution in [-0.2, 0) is 0 Å². The Kier molecular flexibility index (Phi) is 14.9. The second-order valence-electron chi connectivity index (χ2n) is 7.62. The van der Waals surface area contributed by atoms with Gasteiger partial charge in [0.2, 0.25) is 5.69 Å². The highest BCUT2D eigenvalue weighted by Gasteiger charge is 2.16. The molecule has 166 valence electrons. The van der Waals surface area contributed by atoms with Crippen molar-refractivity contribution in [1.29, 1.82) is 0 Å². The van der Waals surface area contributed by atoms with E-state index in [0.717, 1.165) is 25.0 Å². The lowest BCUT2D eigenvalue weighted by Gasteiger charge is -2.15. The van der Waals surface area contributed by atoms with E-state index >= 15 is 0 Å². The van der Waals surface area contributed by atoms with Crippen LogP contribution in [-0.4, -0.2) is 19.8 Å². The molecule has 0 amide bonds. The molecule has 1 aromatic rings. The molecule has 2 N–H and O–H groups in total. The maximum atomic E-state index is 6.01. The Morgan fingerprint density at radius 2 is 1.03 bits per heavy atom. The molecular formula is C24H43N2O3+. The van der Waals surface area contributed by atoms with Gasteiger partial charge in [-0.15, -0.1) is 0 Å². The molecule has 0 atom stereocenters. The summed E-state index contributed by atoms with van der Waals surface area (Å²) < 4.78 is 18.0. The third-order valence-electron chi connectivity index (χ3n) is 4.92. The standard InChI is InChI=1S/C24H42N2O3/c1-4-7-10-13-16-27-21-19-22(28-17-14-11-8-5-2)24(26-25)23(20-21)29-18-15-12-9-6-3/h19-20,25H,4-18H2,1-3H3/p+1. The summed E-state index contributed by atoms with van der Waals surface area (Å²) in [5, 5.41) is 3.96. The zero-order chi connectivity index (χ0) is 21.2. The third kappa shape index (κ3) is 11.1. The van der Waals surface area contributed by atoms with E-state index in [1.807, 2.05) is 12.1 Å². The Morgan fingerprint density at radius 3 is 1.41 bits per heavy atom. The Hall–Kier alpha value is -1.78. The van der Waals surface area contributed by atoms with Gasteiger partial charge in [-0.05, 0) is 24.4 Å². The van der Waals surface area contributed by atoms with Gasteiger partial charge in [-0.2, -0.15) is 5.53 Å². The number of unbranched alkanes of at least 4 members (excludes halogenated alkanes) is 9. The van der Waals surface area contributed by atoms with Crippen LogP contribution in [0.15, 0.2) is 17.2 Å². The summed E-state index contributed by atoms with van der Waals surface area (Å²) in [6.07, 6.45) is 14.0. The molecule has 0 unspecified atom stereocenters. The van der Waals surface area contributed by atoms with Gasteiger partial charge in [0.25, 0.3) is 0 Å². The van der Waals surface area contributed by atoms with Crippen LogP contribution in [0.5, 0.6) is 17.2 Å². The number of nitrogens with two attached hydrogens (primary N) is 1. The summed E-state index contributed by atoms with van der Waals surface area (Å²) in [4.78, 5) is 0. The second-order valence-corrected chi connectivity index (χ2v) is 7.62. The van der Waals surface area contributed by atoms with Crippen LogP contribution in [0.4, 0.5) is 5.69 Å². The van der Waals surface area contributed by atoms with Crippen molar-refractivity contribution in [2.45, 2.75) is 97.8 Å². The number of rotatable bonds is 19. The highest BCUT2D eigenvalue weighted by Crippen LogP contribution is 2.41. The van der Waals surface area contributed by atoms with Crippen molar-refractivity contribution in [1.82, 2.24) is 0 Å². The normalized spacial score (nSPS) is 10.7. The van der Waals surface area contributed by atoms with Crippen LogP contribution < -0.4 is 19.7 Å². The fraction of sp³-hybridized carbons (Fsp3) is 0.750. The summed E-state index contributed by atoms with van der Waals surface area (Å²) in [7, 11) is 0. The number of nitrogens with zero attached hydrogens (tertiary/aromatic N) is 1. The maximum absolute atomic E-state index is 6.01. The molecule has 0 radical (unpaired) electrons. The summed E-state index contributed by atoms with van der Waals surface area (Å²) in [6, 6.07) is 3.80. The average Bonchev–Trinajstić information content (AvgIpc) is 2.73. The fourth-order valence-electron chi connectivity index (χ4n) is 3.13. The number of hydrogen-bond donors (Lipinski definition) is 1. The molecule has 1 aromatic carbocycles. The first-order valence-electron chi connectivity index (χ1n) is 11.7. The predicted octanol–water partition coefficient (Wildman–Crippen LogP) is 6.41. The van der Waals surface area contributed by atoms with Crippen molar-refractivity contribution in [2.24, 2.45) is 5.11 Å². The second kappa shape index (κ2) is 17.1. The highest BCUT2D eigenvalue weighted by atomic mass is 16.5. The summed E-state index contributed by atoms with van der Waals surface area (Å²) in [5.41, 5.74) is 6.26.